The Morgan fingerprint density at radius 2 is 2.12 bits per heavy atom. The molecular weight excluding hydrogens is 290 g/mol. The summed E-state index contributed by atoms with van der Waals surface area (Å²) in [7, 11) is 1.75. The van der Waals surface area contributed by atoms with Crippen molar-refractivity contribution in [3.05, 3.63) is 44.6 Å². The van der Waals surface area contributed by atoms with Gasteiger partial charge in [0.05, 0.1) is 0 Å². The van der Waals surface area contributed by atoms with Crippen molar-refractivity contribution >= 4 is 33.2 Å². The van der Waals surface area contributed by atoms with E-state index in [-0.39, 0.29) is 5.91 Å². The molecule has 0 bridgehead atoms. The van der Waals surface area contributed by atoms with Crippen LogP contribution in [0.4, 0.5) is 0 Å². The molecule has 0 saturated carbocycles. The molecule has 0 fully saturated rings. The molecule has 2 aromatic rings. The monoisotopic (exact) mass is 297 g/mol. The summed E-state index contributed by atoms with van der Waals surface area (Å²) >= 11 is 4.56. The number of halogens is 1. The van der Waals surface area contributed by atoms with Crippen molar-refractivity contribution in [3.63, 3.8) is 0 Å². The van der Waals surface area contributed by atoms with E-state index in [9.17, 15) is 4.79 Å². The van der Waals surface area contributed by atoms with Crippen LogP contribution in [0, 0.1) is 0 Å². The molecule has 1 amide bonds. The summed E-state index contributed by atoms with van der Waals surface area (Å²) in [6.07, 6.45) is 0. The minimum Gasteiger partial charge on any atom is -0.267 e. The van der Waals surface area contributed by atoms with Gasteiger partial charge in [-0.2, -0.15) is 10.1 Å². The predicted molar refractivity (Wildman–Crippen MR) is 65.1 cm³/mol. The number of benzene rings is 1. The van der Waals surface area contributed by atoms with Gasteiger partial charge >= 0.3 is 0 Å². The maximum atomic E-state index is 11.8. The van der Waals surface area contributed by atoms with Crippen LogP contribution in [0.25, 0.3) is 0 Å². The second-order valence-corrected chi connectivity index (χ2v) is 5.28. The van der Waals surface area contributed by atoms with Gasteiger partial charge in [-0.15, -0.1) is 0 Å². The smallest absolute Gasteiger partial charge is 0.267 e. The second-order valence-electron chi connectivity index (χ2n) is 3.04. The lowest BCUT2D eigenvalue weighted by Crippen LogP contribution is -2.14. The lowest BCUT2D eigenvalue weighted by atomic mass is 10.2. The van der Waals surface area contributed by atoms with Gasteiger partial charge in [-0.3, -0.25) is 4.79 Å². The summed E-state index contributed by atoms with van der Waals surface area (Å²) in [5.41, 5.74) is 0.576. The molecule has 0 saturated heterocycles. The van der Waals surface area contributed by atoms with Crippen molar-refractivity contribution in [1.82, 2.24) is 9.78 Å². The normalized spacial score (nSPS) is 11.8. The van der Waals surface area contributed by atoms with Crippen LogP contribution in [-0.2, 0) is 7.05 Å². The van der Waals surface area contributed by atoms with Crippen molar-refractivity contribution in [2.24, 2.45) is 12.0 Å². The lowest BCUT2D eigenvalue weighted by molar-refractivity contribution is 0.0997. The number of nitrogens with zero attached hydrogens (tertiary/aromatic N) is 3. The summed E-state index contributed by atoms with van der Waals surface area (Å²) in [4.78, 5) is 16.3. The molecule has 6 heteroatoms. The Morgan fingerprint density at radius 1 is 1.44 bits per heavy atom. The van der Waals surface area contributed by atoms with E-state index in [2.05, 4.69) is 26.0 Å². The summed E-state index contributed by atoms with van der Waals surface area (Å²) in [5, 5.41) is 4.06. The first-order valence-corrected chi connectivity index (χ1v) is 6.11. The summed E-state index contributed by atoms with van der Waals surface area (Å²) in [5.74, 6) is -0.257. The Labute approximate surface area is 104 Å². The molecule has 82 valence electrons. The molecule has 0 aliphatic rings. The third-order valence-electron chi connectivity index (χ3n) is 1.90. The number of amides is 1. The molecule has 4 nitrogen and oxygen atoms in total. The van der Waals surface area contributed by atoms with Crippen molar-refractivity contribution in [2.75, 3.05) is 0 Å². The minimum absolute atomic E-state index is 0.257. The zero-order chi connectivity index (χ0) is 11.5. The Hall–Kier alpha value is -1.27. The average molecular weight is 298 g/mol. The van der Waals surface area contributed by atoms with Crippen molar-refractivity contribution in [3.8, 4) is 0 Å². The molecule has 16 heavy (non-hydrogen) atoms. The van der Waals surface area contributed by atoms with Gasteiger partial charge in [0.1, 0.15) is 0 Å². The van der Waals surface area contributed by atoms with Gasteiger partial charge < -0.3 is 0 Å². The van der Waals surface area contributed by atoms with Crippen molar-refractivity contribution in [2.45, 2.75) is 0 Å². The summed E-state index contributed by atoms with van der Waals surface area (Å²) in [6.45, 7) is 0. The van der Waals surface area contributed by atoms with E-state index in [4.69, 9.17) is 0 Å². The highest BCUT2D eigenvalue weighted by Crippen LogP contribution is 2.07. The Kier molecular flexibility index (Phi) is 3.31. The molecule has 0 unspecified atom stereocenters. The van der Waals surface area contributed by atoms with Crippen LogP contribution in [-0.4, -0.2) is 15.7 Å². The molecule has 2 rings (SSSR count). The van der Waals surface area contributed by atoms with Gasteiger partial charge in [-0.1, -0.05) is 29.5 Å². The highest BCUT2D eigenvalue weighted by atomic mass is 79.9. The number of hydrogen-bond donors (Lipinski definition) is 0. The lowest BCUT2D eigenvalue weighted by Gasteiger charge is -1.92. The molecule has 1 aromatic carbocycles. The third kappa shape index (κ3) is 2.45. The van der Waals surface area contributed by atoms with E-state index in [1.54, 1.807) is 23.9 Å². The van der Waals surface area contributed by atoms with Crippen LogP contribution in [0.5, 0.6) is 0 Å². The SMILES string of the molecule is Cn1nc(Br)sc1=NC(=O)c1ccccc1. The van der Waals surface area contributed by atoms with Gasteiger partial charge in [0, 0.05) is 12.6 Å². The zero-order valence-corrected chi connectivity index (χ0v) is 10.8. The number of hydrogen-bond acceptors (Lipinski definition) is 3. The summed E-state index contributed by atoms with van der Waals surface area (Å²) < 4.78 is 2.27. The Morgan fingerprint density at radius 3 is 2.69 bits per heavy atom. The first-order chi connectivity index (χ1) is 7.66. The van der Waals surface area contributed by atoms with E-state index in [1.807, 2.05) is 18.2 Å². The molecule has 0 N–H and O–H groups in total. The van der Waals surface area contributed by atoms with Crippen LogP contribution in [0.1, 0.15) is 10.4 Å². The van der Waals surface area contributed by atoms with Gasteiger partial charge in [0.2, 0.25) is 4.80 Å². The maximum absolute atomic E-state index is 11.8. The molecular formula is C10H8BrN3OS. The largest absolute Gasteiger partial charge is 0.279 e. The van der Waals surface area contributed by atoms with Crippen molar-refractivity contribution in [1.29, 1.82) is 0 Å². The maximum Gasteiger partial charge on any atom is 0.279 e. The standard InChI is InChI=1S/C10H8BrN3OS/c1-14-10(16-9(11)13-14)12-8(15)7-5-3-2-4-6-7/h2-6H,1H3. The Bertz CT molecular complexity index is 573. The van der Waals surface area contributed by atoms with E-state index in [0.717, 1.165) is 0 Å². The number of carbonyl (C=O) groups excluding carboxylic acids is 1. The van der Waals surface area contributed by atoms with Gasteiger partial charge in [0.15, 0.2) is 3.92 Å². The van der Waals surface area contributed by atoms with Crippen LogP contribution in [0.2, 0.25) is 0 Å². The number of aryl methyl sites for hydroxylation is 1. The number of aromatic nitrogens is 2. The second kappa shape index (κ2) is 4.71. The third-order valence-corrected chi connectivity index (χ3v) is 3.33. The van der Waals surface area contributed by atoms with Gasteiger partial charge in [-0.25, -0.2) is 4.68 Å². The van der Waals surface area contributed by atoms with E-state index >= 15 is 0 Å². The fourth-order valence-corrected chi connectivity index (χ4v) is 2.44. The average Bonchev–Trinajstić information content (AvgIpc) is 2.59. The quantitative estimate of drug-likeness (QED) is 0.808. The summed E-state index contributed by atoms with van der Waals surface area (Å²) in [6, 6.07) is 8.96. The number of rotatable bonds is 1. The molecule has 1 aromatic heterocycles. The fourth-order valence-electron chi connectivity index (χ4n) is 1.15. The molecule has 0 spiro atoms. The van der Waals surface area contributed by atoms with E-state index in [0.29, 0.717) is 14.3 Å². The van der Waals surface area contributed by atoms with E-state index < -0.39 is 0 Å². The Balaban J connectivity index is 2.39. The van der Waals surface area contributed by atoms with Crippen LogP contribution >= 0.6 is 27.3 Å². The predicted octanol–water partition coefficient (Wildman–Crippen LogP) is 1.99. The van der Waals surface area contributed by atoms with Gasteiger partial charge in [0.25, 0.3) is 5.91 Å². The van der Waals surface area contributed by atoms with Crippen LogP contribution in [0.15, 0.2) is 39.2 Å². The number of carbonyl (C=O) groups is 1. The topological polar surface area (TPSA) is 47.2 Å². The zero-order valence-electron chi connectivity index (χ0n) is 8.42. The molecule has 1 heterocycles. The van der Waals surface area contributed by atoms with Crippen molar-refractivity contribution < 1.29 is 4.79 Å². The molecule has 0 atom stereocenters. The molecule has 0 aliphatic heterocycles. The first-order valence-electron chi connectivity index (χ1n) is 4.50. The van der Waals surface area contributed by atoms with Gasteiger partial charge in [-0.05, 0) is 28.1 Å². The van der Waals surface area contributed by atoms with Crippen LogP contribution in [0.3, 0.4) is 0 Å². The highest BCUT2D eigenvalue weighted by Gasteiger charge is 2.04. The minimum atomic E-state index is -0.257. The fraction of sp³-hybridized carbons (Fsp3) is 0.100. The molecule has 0 aliphatic carbocycles. The highest BCUT2D eigenvalue weighted by molar-refractivity contribution is 9.11. The van der Waals surface area contributed by atoms with E-state index in [1.165, 1.54) is 11.3 Å². The first kappa shape index (κ1) is 11.2. The van der Waals surface area contributed by atoms with Crippen LogP contribution < -0.4 is 4.80 Å². The molecule has 0 radical (unpaired) electrons.